The summed E-state index contributed by atoms with van der Waals surface area (Å²) < 4.78 is 13.0. The molecule has 7 heteroatoms. The Balaban J connectivity index is 2.08. The van der Waals surface area contributed by atoms with Crippen LogP contribution in [0.3, 0.4) is 0 Å². The van der Waals surface area contributed by atoms with E-state index in [-0.39, 0.29) is 11.3 Å². The number of nitrogens with zero attached hydrogens (tertiary/aromatic N) is 2. The Morgan fingerprint density at radius 2 is 2.05 bits per heavy atom. The summed E-state index contributed by atoms with van der Waals surface area (Å²) in [6.07, 6.45) is 0. The van der Waals surface area contributed by atoms with Gasteiger partial charge < -0.3 is 15.5 Å². The topological polar surface area (TPSA) is 85.2 Å². The Bertz CT molecular complexity index is 576. The van der Waals surface area contributed by atoms with Crippen molar-refractivity contribution < 1.29 is 14.0 Å². The highest BCUT2D eigenvalue weighted by Crippen LogP contribution is 2.16. The molecule has 0 atom stereocenters. The molecule has 2 rings (SSSR count). The number of hydrogen-bond donors (Lipinski definition) is 2. The van der Waals surface area contributed by atoms with Crippen LogP contribution in [0.1, 0.15) is 5.56 Å². The molecule has 0 unspecified atom stereocenters. The Labute approximate surface area is 115 Å². The fraction of sp³-hybridized carbons (Fsp3) is 0.308. The second-order valence-corrected chi connectivity index (χ2v) is 4.30. The van der Waals surface area contributed by atoms with Gasteiger partial charge in [-0.05, 0) is 18.2 Å². The van der Waals surface area contributed by atoms with Crippen LogP contribution in [-0.2, 0) is 9.59 Å². The molecule has 0 bridgehead atoms. The van der Waals surface area contributed by atoms with Crippen molar-refractivity contribution in [2.45, 2.75) is 0 Å². The van der Waals surface area contributed by atoms with Crippen molar-refractivity contribution in [2.24, 2.45) is 0 Å². The predicted octanol–water partition coefficient (Wildman–Crippen LogP) is 0.0677. The van der Waals surface area contributed by atoms with E-state index < -0.39 is 17.6 Å². The fourth-order valence-electron chi connectivity index (χ4n) is 1.91. The van der Waals surface area contributed by atoms with Crippen LogP contribution < -0.4 is 10.6 Å². The first-order valence-corrected chi connectivity index (χ1v) is 6.12. The van der Waals surface area contributed by atoms with E-state index >= 15 is 0 Å². The number of benzene rings is 1. The van der Waals surface area contributed by atoms with Crippen molar-refractivity contribution in [1.29, 1.82) is 5.26 Å². The summed E-state index contributed by atoms with van der Waals surface area (Å²) in [5.41, 5.74) is 0.105. The van der Waals surface area contributed by atoms with E-state index in [0.717, 1.165) is 12.1 Å². The third-order valence-electron chi connectivity index (χ3n) is 2.95. The molecule has 0 radical (unpaired) electrons. The first kappa shape index (κ1) is 14.0. The molecule has 0 aromatic heterocycles. The third kappa shape index (κ3) is 3.10. The zero-order chi connectivity index (χ0) is 14.5. The standard InChI is InChI=1S/C13H13FN4O2/c14-10-1-2-11(9(7-10)8-15)17-12(19)13(20)18-5-3-16-4-6-18/h1-2,7,16H,3-6H2,(H,17,19). The Morgan fingerprint density at radius 3 is 2.70 bits per heavy atom. The van der Waals surface area contributed by atoms with Crippen molar-refractivity contribution in [3.05, 3.63) is 29.6 Å². The van der Waals surface area contributed by atoms with Gasteiger partial charge in [-0.2, -0.15) is 5.26 Å². The first-order chi connectivity index (χ1) is 9.61. The van der Waals surface area contributed by atoms with Crippen LogP contribution in [0.25, 0.3) is 0 Å². The number of amides is 2. The zero-order valence-electron chi connectivity index (χ0n) is 10.6. The molecule has 1 fully saturated rings. The van der Waals surface area contributed by atoms with Crippen LogP contribution in [0.5, 0.6) is 0 Å². The highest BCUT2D eigenvalue weighted by atomic mass is 19.1. The maximum absolute atomic E-state index is 13.0. The Morgan fingerprint density at radius 1 is 1.35 bits per heavy atom. The van der Waals surface area contributed by atoms with Crippen LogP contribution in [0, 0.1) is 17.1 Å². The van der Waals surface area contributed by atoms with Crippen LogP contribution >= 0.6 is 0 Å². The van der Waals surface area contributed by atoms with E-state index in [9.17, 15) is 14.0 Å². The second kappa shape index (κ2) is 6.12. The number of carbonyl (C=O) groups excluding carboxylic acids is 2. The number of piperazine rings is 1. The number of rotatable bonds is 1. The average Bonchev–Trinajstić information content (AvgIpc) is 2.49. The van der Waals surface area contributed by atoms with Gasteiger partial charge in [0.15, 0.2) is 0 Å². The summed E-state index contributed by atoms with van der Waals surface area (Å²) in [5.74, 6) is -2.05. The molecule has 0 spiro atoms. The number of carbonyl (C=O) groups is 2. The summed E-state index contributed by atoms with van der Waals surface area (Å²) in [4.78, 5) is 25.2. The van der Waals surface area contributed by atoms with Gasteiger partial charge in [-0.1, -0.05) is 0 Å². The predicted molar refractivity (Wildman–Crippen MR) is 69.2 cm³/mol. The summed E-state index contributed by atoms with van der Waals surface area (Å²) >= 11 is 0. The van der Waals surface area contributed by atoms with Crippen LogP contribution in [0.2, 0.25) is 0 Å². The molecule has 1 aromatic rings. The first-order valence-electron chi connectivity index (χ1n) is 6.12. The number of nitrogens with one attached hydrogen (secondary N) is 2. The second-order valence-electron chi connectivity index (χ2n) is 4.30. The Kier molecular flexibility index (Phi) is 4.27. The molecule has 20 heavy (non-hydrogen) atoms. The van der Waals surface area contributed by atoms with Crippen molar-refractivity contribution in [2.75, 3.05) is 31.5 Å². The normalized spacial score (nSPS) is 14.5. The molecule has 1 heterocycles. The number of hydrogen-bond acceptors (Lipinski definition) is 4. The largest absolute Gasteiger partial charge is 0.332 e. The molecular formula is C13H13FN4O2. The van der Waals surface area contributed by atoms with Crippen molar-refractivity contribution >= 4 is 17.5 Å². The molecule has 6 nitrogen and oxygen atoms in total. The highest BCUT2D eigenvalue weighted by Gasteiger charge is 2.23. The number of anilines is 1. The van der Waals surface area contributed by atoms with E-state index in [2.05, 4.69) is 10.6 Å². The molecule has 0 aliphatic carbocycles. The van der Waals surface area contributed by atoms with Gasteiger partial charge in [-0.3, -0.25) is 9.59 Å². The number of halogens is 1. The minimum Gasteiger partial charge on any atom is -0.332 e. The van der Waals surface area contributed by atoms with Crippen LogP contribution in [-0.4, -0.2) is 42.9 Å². The molecule has 104 valence electrons. The lowest BCUT2D eigenvalue weighted by molar-refractivity contribution is -0.143. The molecule has 2 N–H and O–H groups in total. The van der Waals surface area contributed by atoms with Gasteiger partial charge in [-0.15, -0.1) is 0 Å². The molecule has 1 aliphatic rings. The van der Waals surface area contributed by atoms with E-state index in [0.29, 0.717) is 26.2 Å². The summed E-state index contributed by atoms with van der Waals surface area (Å²) in [6, 6.07) is 5.15. The van der Waals surface area contributed by atoms with E-state index in [1.165, 1.54) is 11.0 Å². The maximum atomic E-state index is 13.0. The molecule has 1 aliphatic heterocycles. The van der Waals surface area contributed by atoms with Gasteiger partial charge in [0.25, 0.3) is 0 Å². The minimum absolute atomic E-state index is 0.0218. The lowest BCUT2D eigenvalue weighted by Gasteiger charge is -2.26. The lowest BCUT2D eigenvalue weighted by Crippen LogP contribution is -2.49. The van der Waals surface area contributed by atoms with Gasteiger partial charge >= 0.3 is 11.8 Å². The van der Waals surface area contributed by atoms with Crippen LogP contribution in [0.4, 0.5) is 10.1 Å². The summed E-state index contributed by atoms with van der Waals surface area (Å²) in [7, 11) is 0. The fourth-order valence-corrected chi connectivity index (χ4v) is 1.91. The van der Waals surface area contributed by atoms with Gasteiger partial charge in [-0.25, -0.2) is 4.39 Å². The molecule has 2 amide bonds. The summed E-state index contributed by atoms with van der Waals surface area (Å²) in [6.45, 7) is 2.19. The van der Waals surface area contributed by atoms with E-state index in [4.69, 9.17) is 5.26 Å². The van der Waals surface area contributed by atoms with Crippen molar-refractivity contribution in [1.82, 2.24) is 10.2 Å². The number of nitriles is 1. The lowest BCUT2D eigenvalue weighted by atomic mass is 10.2. The quantitative estimate of drug-likeness (QED) is 0.711. The molecule has 1 saturated heterocycles. The van der Waals surface area contributed by atoms with Crippen molar-refractivity contribution in [3.63, 3.8) is 0 Å². The van der Waals surface area contributed by atoms with Gasteiger partial charge in [0.05, 0.1) is 11.3 Å². The highest BCUT2D eigenvalue weighted by molar-refractivity contribution is 6.39. The minimum atomic E-state index is -0.824. The SMILES string of the molecule is N#Cc1cc(F)ccc1NC(=O)C(=O)N1CCNCC1. The van der Waals surface area contributed by atoms with Gasteiger partial charge in [0.2, 0.25) is 0 Å². The Hall–Kier alpha value is -2.46. The third-order valence-corrected chi connectivity index (χ3v) is 2.95. The van der Waals surface area contributed by atoms with E-state index in [1.54, 1.807) is 6.07 Å². The van der Waals surface area contributed by atoms with E-state index in [1.807, 2.05) is 0 Å². The maximum Gasteiger partial charge on any atom is 0.313 e. The monoisotopic (exact) mass is 276 g/mol. The van der Waals surface area contributed by atoms with Gasteiger partial charge in [0, 0.05) is 26.2 Å². The molecule has 0 saturated carbocycles. The smallest absolute Gasteiger partial charge is 0.313 e. The molecule has 1 aromatic carbocycles. The summed E-state index contributed by atoms with van der Waals surface area (Å²) in [5, 5.41) is 14.3. The van der Waals surface area contributed by atoms with Crippen LogP contribution in [0.15, 0.2) is 18.2 Å². The zero-order valence-corrected chi connectivity index (χ0v) is 10.6. The van der Waals surface area contributed by atoms with Crippen molar-refractivity contribution in [3.8, 4) is 6.07 Å². The average molecular weight is 276 g/mol. The molecular weight excluding hydrogens is 263 g/mol. The van der Waals surface area contributed by atoms with Gasteiger partial charge in [0.1, 0.15) is 11.9 Å².